The summed E-state index contributed by atoms with van der Waals surface area (Å²) < 4.78 is 18.6. The van der Waals surface area contributed by atoms with Gasteiger partial charge in [-0.1, -0.05) is 0 Å². The Bertz CT molecular complexity index is 741. The van der Waals surface area contributed by atoms with Gasteiger partial charge in [0, 0.05) is 0 Å². The summed E-state index contributed by atoms with van der Waals surface area (Å²) in [5, 5.41) is 0. The van der Waals surface area contributed by atoms with Gasteiger partial charge in [-0.2, -0.15) is 0 Å². The van der Waals surface area contributed by atoms with E-state index in [4.69, 9.17) is 9.05 Å². The third-order valence-corrected chi connectivity index (χ3v) is 14.5. The van der Waals surface area contributed by atoms with E-state index < -0.39 is 6.56 Å². The monoisotopic (exact) mass is 402 g/mol. The molecule has 6 heteroatoms. The molecule has 0 radical (unpaired) electrons. The fourth-order valence-electron chi connectivity index (χ4n) is 4.95. The second-order valence-electron chi connectivity index (χ2n) is 7.59. The van der Waals surface area contributed by atoms with Crippen molar-refractivity contribution in [3.05, 3.63) is 71.8 Å². The third kappa shape index (κ3) is 2.71. The van der Waals surface area contributed by atoms with Gasteiger partial charge in [0.25, 0.3) is 0 Å². The summed E-state index contributed by atoms with van der Waals surface area (Å²) in [5.74, 6) is 0. The van der Waals surface area contributed by atoms with E-state index in [1.165, 1.54) is 11.1 Å². The van der Waals surface area contributed by atoms with Gasteiger partial charge in [0.1, 0.15) is 0 Å². The molecule has 0 bridgehead atoms. The molecule has 27 heavy (non-hydrogen) atoms. The number of hydrogen-bond donors (Lipinski definition) is 0. The van der Waals surface area contributed by atoms with Crippen molar-refractivity contribution < 1.29 is 9.05 Å². The zero-order valence-electron chi connectivity index (χ0n) is 15.7. The molecule has 0 saturated carbocycles. The quantitative estimate of drug-likeness (QED) is 0.692. The fraction of sp³-hybridized carbons (Fsp3) is 0.429. The van der Waals surface area contributed by atoms with Crippen LogP contribution >= 0.6 is 17.9 Å². The first kappa shape index (κ1) is 18.1. The molecular formula is C21H27N2O2PS. The normalized spacial score (nSPS) is 30.5. The standard InChI is InChI=1S/C21H27N2O2PS/c1-27-26-22(20(16-24-26)14-18-8-4-2-5-9-18)12-13-23(26)21(17-25-26)15-19-10-6-3-7-11-19/h2-11,20-21H,12-17H2,1H3/t20-,21-/m0/s1. The van der Waals surface area contributed by atoms with Crippen LogP contribution in [0.3, 0.4) is 0 Å². The Hall–Kier alpha value is -0.940. The number of benzene rings is 2. The van der Waals surface area contributed by atoms with Crippen LogP contribution in [0, 0.1) is 0 Å². The molecule has 3 saturated heterocycles. The minimum atomic E-state index is -2.93. The molecule has 3 fully saturated rings. The Morgan fingerprint density at radius 1 is 0.815 bits per heavy atom. The van der Waals surface area contributed by atoms with Crippen LogP contribution in [0.2, 0.25) is 0 Å². The van der Waals surface area contributed by atoms with Gasteiger partial charge in [-0.15, -0.1) is 0 Å². The molecule has 0 aromatic heterocycles. The Morgan fingerprint density at radius 2 is 1.26 bits per heavy atom. The molecule has 5 rings (SSSR count). The van der Waals surface area contributed by atoms with Gasteiger partial charge in [-0.25, -0.2) is 0 Å². The average molecular weight is 403 g/mol. The first-order valence-electron chi connectivity index (χ1n) is 9.74. The van der Waals surface area contributed by atoms with Gasteiger partial charge in [-0.05, 0) is 0 Å². The molecule has 2 atom stereocenters. The van der Waals surface area contributed by atoms with E-state index in [0.717, 1.165) is 39.1 Å². The maximum atomic E-state index is 6.70. The minimum absolute atomic E-state index is 0.401. The third-order valence-electron chi connectivity index (χ3n) is 6.18. The second-order valence-corrected chi connectivity index (χ2v) is 14.1. The summed E-state index contributed by atoms with van der Waals surface area (Å²) in [7, 11) is 0. The van der Waals surface area contributed by atoms with E-state index in [1.807, 2.05) is 11.4 Å². The molecule has 2 aromatic rings. The van der Waals surface area contributed by atoms with E-state index >= 15 is 0 Å². The van der Waals surface area contributed by atoms with E-state index in [1.54, 1.807) is 0 Å². The van der Waals surface area contributed by atoms with Crippen molar-refractivity contribution in [1.29, 1.82) is 0 Å². The Labute approximate surface area is 165 Å². The molecule has 0 aliphatic carbocycles. The van der Waals surface area contributed by atoms with Crippen LogP contribution in [-0.2, 0) is 21.9 Å². The van der Waals surface area contributed by atoms with Crippen molar-refractivity contribution in [3.63, 3.8) is 0 Å². The summed E-state index contributed by atoms with van der Waals surface area (Å²) in [6.45, 7) is 0.684. The van der Waals surface area contributed by atoms with Crippen LogP contribution < -0.4 is 0 Å². The van der Waals surface area contributed by atoms with Crippen molar-refractivity contribution in [1.82, 2.24) is 9.34 Å². The van der Waals surface area contributed by atoms with E-state index in [0.29, 0.717) is 12.1 Å². The van der Waals surface area contributed by atoms with Gasteiger partial charge in [0.15, 0.2) is 0 Å². The number of rotatable bonds is 5. The molecule has 3 heterocycles. The molecule has 0 unspecified atom stereocenters. The molecule has 3 aliphatic heterocycles. The topological polar surface area (TPSA) is 24.9 Å². The molecule has 0 N–H and O–H groups in total. The Balaban J connectivity index is 1.41. The van der Waals surface area contributed by atoms with Crippen LogP contribution in [0.5, 0.6) is 0 Å². The summed E-state index contributed by atoms with van der Waals surface area (Å²) in [6.07, 6.45) is 4.23. The van der Waals surface area contributed by atoms with Gasteiger partial charge < -0.3 is 0 Å². The molecule has 4 nitrogen and oxygen atoms in total. The molecule has 3 aliphatic rings. The second kappa shape index (κ2) is 6.84. The molecule has 0 amide bonds. The average Bonchev–Trinajstić information content (AvgIpc) is 3.31. The maximum absolute atomic E-state index is 6.70. The predicted octanol–water partition coefficient (Wildman–Crippen LogP) is 4.38. The van der Waals surface area contributed by atoms with Crippen LogP contribution in [0.25, 0.3) is 0 Å². The molecule has 1 spiro atoms. The number of nitrogens with zero attached hydrogens (tertiary/aromatic N) is 2. The van der Waals surface area contributed by atoms with Crippen molar-refractivity contribution in [2.75, 3.05) is 32.6 Å². The summed E-state index contributed by atoms with van der Waals surface area (Å²) in [4.78, 5) is 0. The van der Waals surface area contributed by atoms with Gasteiger partial charge in [0.05, 0.1) is 0 Å². The first-order valence-corrected chi connectivity index (χ1v) is 13.6. The van der Waals surface area contributed by atoms with Crippen LogP contribution in [-0.4, -0.2) is 54.0 Å². The van der Waals surface area contributed by atoms with Crippen molar-refractivity contribution >= 4 is 17.9 Å². The first-order chi connectivity index (χ1) is 13.2. The van der Waals surface area contributed by atoms with Crippen LogP contribution in [0.15, 0.2) is 60.7 Å². The summed E-state index contributed by atoms with van der Waals surface area (Å²) in [5.41, 5.74) is 2.76. The van der Waals surface area contributed by atoms with E-state index in [2.05, 4.69) is 76.3 Å². The van der Waals surface area contributed by atoms with Gasteiger partial charge in [0.2, 0.25) is 0 Å². The zero-order valence-corrected chi connectivity index (χ0v) is 17.4. The summed E-state index contributed by atoms with van der Waals surface area (Å²) in [6, 6.07) is 22.4. The van der Waals surface area contributed by atoms with Crippen LogP contribution in [0.4, 0.5) is 0 Å². The molecule has 144 valence electrons. The van der Waals surface area contributed by atoms with Crippen LogP contribution in [0.1, 0.15) is 11.1 Å². The molecular weight excluding hydrogens is 375 g/mol. The summed E-state index contributed by atoms with van der Waals surface area (Å²) >= 11 is 1.84. The molecule has 2 aromatic carbocycles. The zero-order chi connectivity index (χ0) is 18.3. The SMILES string of the molecule is CSP123OC[C@H](Cc4ccccc4)N1CCN2[C@@H](Cc1ccccc1)CO3. The van der Waals surface area contributed by atoms with Gasteiger partial charge in [-0.3, -0.25) is 0 Å². The predicted molar refractivity (Wildman–Crippen MR) is 114 cm³/mol. The number of hydrogen-bond acceptors (Lipinski definition) is 5. The van der Waals surface area contributed by atoms with Crippen molar-refractivity contribution in [2.45, 2.75) is 24.9 Å². The Kier molecular flexibility index (Phi) is 4.59. The Morgan fingerprint density at radius 3 is 1.67 bits per heavy atom. The van der Waals surface area contributed by atoms with Gasteiger partial charge >= 0.3 is 166 Å². The fourth-order valence-corrected chi connectivity index (χ4v) is 13.2. The van der Waals surface area contributed by atoms with E-state index in [9.17, 15) is 0 Å². The van der Waals surface area contributed by atoms with Crippen molar-refractivity contribution in [2.24, 2.45) is 0 Å². The van der Waals surface area contributed by atoms with Crippen molar-refractivity contribution in [3.8, 4) is 0 Å². The van der Waals surface area contributed by atoms with E-state index in [-0.39, 0.29) is 0 Å².